The molecule has 17 heavy (non-hydrogen) atoms. The van der Waals surface area contributed by atoms with E-state index in [2.05, 4.69) is 0 Å². The van der Waals surface area contributed by atoms with E-state index in [1.165, 1.54) is 0 Å². The molecule has 6 nitrogen and oxygen atoms in total. The van der Waals surface area contributed by atoms with Gasteiger partial charge in [-0.2, -0.15) is 0 Å². The molecular weight excluding hydrogens is 222 g/mol. The fourth-order valence-corrected chi connectivity index (χ4v) is 1.45. The Morgan fingerprint density at radius 3 is 2.12 bits per heavy atom. The molecule has 1 amide bonds. The maximum atomic E-state index is 11.6. The standard InChI is InChI=1S/C11H21N3O3/c1-11(2,3)10(16)17-14-6-4-13(5-7-14)8-9(12)15/h4-8H2,1-3H3,(H2,12,15). The van der Waals surface area contributed by atoms with Crippen LogP contribution >= 0.6 is 0 Å². The Morgan fingerprint density at radius 2 is 1.71 bits per heavy atom. The van der Waals surface area contributed by atoms with Crippen molar-refractivity contribution in [2.24, 2.45) is 11.1 Å². The number of rotatable bonds is 3. The van der Waals surface area contributed by atoms with Crippen LogP contribution in [0.1, 0.15) is 20.8 Å². The number of carbonyl (C=O) groups excluding carboxylic acids is 2. The number of nitrogens with zero attached hydrogens (tertiary/aromatic N) is 2. The second kappa shape index (κ2) is 5.46. The van der Waals surface area contributed by atoms with E-state index in [9.17, 15) is 9.59 Å². The molecule has 0 saturated carbocycles. The summed E-state index contributed by atoms with van der Waals surface area (Å²) in [5, 5.41) is 1.64. The molecule has 1 aliphatic heterocycles. The topological polar surface area (TPSA) is 75.9 Å². The van der Waals surface area contributed by atoms with Crippen LogP contribution < -0.4 is 5.73 Å². The van der Waals surface area contributed by atoms with Gasteiger partial charge in [0.25, 0.3) is 0 Å². The zero-order chi connectivity index (χ0) is 13.1. The third kappa shape index (κ3) is 4.70. The summed E-state index contributed by atoms with van der Waals surface area (Å²) in [5.41, 5.74) is 4.62. The molecule has 1 fully saturated rings. The maximum Gasteiger partial charge on any atom is 0.330 e. The van der Waals surface area contributed by atoms with Gasteiger partial charge in [0, 0.05) is 26.2 Å². The Morgan fingerprint density at radius 1 is 1.18 bits per heavy atom. The van der Waals surface area contributed by atoms with E-state index < -0.39 is 5.41 Å². The highest BCUT2D eigenvalue weighted by Crippen LogP contribution is 2.16. The molecule has 0 spiro atoms. The summed E-state index contributed by atoms with van der Waals surface area (Å²) in [4.78, 5) is 29.6. The van der Waals surface area contributed by atoms with E-state index in [0.29, 0.717) is 26.2 Å². The van der Waals surface area contributed by atoms with E-state index in [1.807, 2.05) is 25.7 Å². The Hall–Kier alpha value is -1.14. The first kappa shape index (κ1) is 13.9. The van der Waals surface area contributed by atoms with Gasteiger partial charge in [0.2, 0.25) is 5.91 Å². The molecule has 0 aromatic heterocycles. The summed E-state index contributed by atoms with van der Waals surface area (Å²) in [6.07, 6.45) is 0. The van der Waals surface area contributed by atoms with Crippen LogP contribution in [0.5, 0.6) is 0 Å². The molecule has 0 aromatic rings. The lowest BCUT2D eigenvalue weighted by Crippen LogP contribution is -2.49. The smallest absolute Gasteiger partial charge is 0.330 e. The highest BCUT2D eigenvalue weighted by atomic mass is 16.7. The third-order valence-electron chi connectivity index (χ3n) is 2.54. The summed E-state index contributed by atoms with van der Waals surface area (Å²) in [6, 6.07) is 0. The Labute approximate surface area is 102 Å². The molecule has 1 rings (SSSR count). The van der Waals surface area contributed by atoms with Crippen LogP contribution in [0.4, 0.5) is 0 Å². The molecule has 0 aliphatic carbocycles. The van der Waals surface area contributed by atoms with Crippen molar-refractivity contribution in [3.05, 3.63) is 0 Å². The van der Waals surface area contributed by atoms with Crippen LogP contribution in [0.15, 0.2) is 0 Å². The summed E-state index contributed by atoms with van der Waals surface area (Å²) < 4.78 is 0. The van der Waals surface area contributed by atoms with Crippen LogP contribution in [0.25, 0.3) is 0 Å². The molecule has 0 bridgehead atoms. The second-order valence-electron chi connectivity index (χ2n) is 5.30. The van der Waals surface area contributed by atoms with Gasteiger partial charge < -0.3 is 10.6 Å². The van der Waals surface area contributed by atoms with E-state index in [-0.39, 0.29) is 18.4 Å². The lowest BCUT2D eigenvalue weighted by molar-refractivity contribution is -0.207. The molecule has 0 atom stereocenters. The number of primary amides is 1. The van der Waals surface area contributed by atoms with Gasteiger partial charge in [-0.1, -0.05) is 0 Å². The van der Waals surface area contributed by atoms with Crippen molar-refractivity contribution < 1.29 is 14.4 Å². The van der Waals surface area contributed by atoms with Crippen LogP contribution in [-0.2, 0) is 14.4 Å². The van der Waals surface area contributed by atoms with Crippen LogP contribution in [0, 0.1) is 5.41 Å². The number of hydrogen-bond donors (Lipinski definition) is 1. The molecule has 0 radical (unpaired) electrons. The molecule has 1 heterocycles. The van der Waals surface area contributed by atoms with Crippen molar-refractivity contribution in [3.63, 3.8) is 0 Å². The number of hydrogen-bond acceptors (Lipinski definition) is 5. The normalized spacial score (nSPS) is 19.0. The SMILES string of the molecule is CC(C)(C)C(=O)ON1CCN(CC(N)=O)CC1. The monoisotopic (exact) mass is 243 g/mol. The largest absolute Gasteiger partial charge is 0.369 e. The van der Waals surface area contributed by atoms with E-state index in [4.69, 9.17) is 10.6 Å². The fourth-order valence-electron chi connectivity index (χ4n) is 1.45. The quantitative estimate of drug-likeness (QED) is 0.729. The molecule has 6 heteroatoms. The first-order chi connectivity index (χ1) is 7.79. The van der Waals surface area contributed by atoms with E-state index >= 15 is 0 Å². The van der Waals surface area contributed by atoms with Crippen LogP contribution in [0.3, 0.4) is 0 Å². The number of amides is 1. The third-order valence-corrected chi connectivity index (χ3v) is 2.54. The highest BCUT2D eigenvalue weighted by Gasteiger charge is 2.27. The van der Waals surface area contributed by atoms with Crippen molar-refractivity contribution in [2.75, 3.05) is 32.7 Å². The zero-order valence-electron chi connectivity index (χ0n) is 10.7. The first-order valence-corrected chi connectivity index (χ1v) is 5.77. The number of carbonyl (C=O) groups is 2. The zero-order valence-corrected chi connectivity index (χ0v) is 10.7. The molecule has 1 aliphatic rings. The van der Waals surface area contributed by atoms with Gasteiger partial charge in [0.15, 0.2) is 0 Å². The van der Waals surface area contributed by atoms with Crippen molar-refractivity contribution in [1.82, 2.24) is 9.96 Å². The minimum Gasteiger partial charge on any atom is -0.369 e. The van der Waals surface area contributed by atoms with Gasteiger partial charge in [-0.15, -0.1) is 5.06 Å². The summed E-state index contributed by atoms with van der Waals surface area (Å²) in [6.45, 7) is 8.29. The number of nitrogens with two attached hydrogens (primary N) is 1. The van der Waals surface area contributed by atoms with Crippen molar-refractivity contribution in [2.45, 2.75) is 20.8 Å². The molecule has 2 N–H and O–H groups in total. The lowest BCUT2D eigenvalue weighted by Gasteiger charge is -2.33. The van der Waals surface area contributed by atoms with Gasteiger partial charge in [0.1, 0.15) is 0 Å². The highest BCUT2D eigenvalue weighted by molar-refractivity contribution is 5.76. The molecule has 0 aromatic carbocycles. The second-order valence-corrected chi connectivity index (χ2v) is 5.30. The summed E-state index contributed by atoms with van der Waals surface area (Å²) in [5.74, 6) is -0.564. The van der Waals surface area contributed by atoms with E-state index in [0.717, 1.165) is 0 Å². The van der Waals surface area contributed by atoms with Gasteiger partial charge >= 0.3 is 5.97 Å². The minimum absolute atomic E-state index is 0.235. The Balaban J connectivity index is 2.33. The molecule has 0 unspecified atom stereocenters. The number of piperazine rings is 1. The van der Waals surface area contributed by atoms with Crippen molar-refractivity contribution in [3.8, 4) is 0 Å². The molecule has 98 valence electrons. The lowest BCUT2D eigenvalue weighted by atomic mass is 9.98. The molecule has 1 saturated heterocycles. The number of hydroxylamine groups is 2. The molecular formula is C11H21N3O3. The minimum atomic E-state index is -0.496. The van der Waals surface area contributed by atoms with Gasteiger partial charge in [0.05, 0.1) is 12.0 Å². The maximum absolute atomic E-state index is 11.6. The van der Waals surface area contributed by atoms with Gasteiger partial charge in [-0.25, -0.2) is 4.79 Å². The summed E-state index contributed by atoms with van der Waals surface area (Å²) >= 11 is 0. The average Bonchev–Trinajstić information content (AvgIpc) is 2.18. The van der Waals surface area contributed by atoms with E-state index in [1.54, 1.807) is 5.06 Å². The average molecular weight is 243 g/mol. The van der Waals surface area contributed by atoms with Gasteiger partial charge in [-0.3, -0.25) is 9.69 Å². The van der Waals surface area contributed by atoms with Gasteiger partial charge in [-0.05, 0) is 20.8 Å². The van der Waals surface area contributed by atoms with Crippen LogP contribution in [0.2, 0.25) is 0 Å². The van der Waals surface area contributed by atoms with Crippen molar-refractivity contribution >= 4 is 11.9 Å². The Kier molecular flexibility index (Phi) is 4.47. The van der Waals surface area contributed by atoms with Crippen molar-refractivity contribution in [1.29, 1.82) is 0 Å². The van der Waals surface area contributed by atoms with Crippen LogP contribution in [-0.4, -0.2) is 54.6 Å². The Bertz CT molecular complexity index is 291. The fraction of sp³-hybridized carbons (Fsp3) is 0.818. The first-order valence-electron chi connectivity index (χ1n) is 5.77. The summed E-state index contributed by atoms with van der Waals surface area (Å²) in [7, 11) is 0. The predicted octanol–water partition coefficient (Wildman–Crippen LogP) is -0.406. The predicted molar refractivity (Wildman–Crippen MR) is 62.8 cm³/mol.